The molecule has 1 saturated heterocycles. The van der Waals surface area contributed by atoms with E-state index in [0.29, 0.717) is 23.7 Å². The summed E-state index contributed by atoms with van der Waals surface area (Å²) in [5.74, 6) is -0.406. The number of benzene rings is 3. The predicted octanol–water partition coefficient (Wildman–Crippen LogP) is 3.30. The molecule has 0 bridgehead atoms. The molecule has 1 aliphatic rings. The maximum atomic E-state index is 13.4. The second-order valence-corrected chi connectivity index (χ2v) is 10.4. The van der Waals surface area contributed by atoms with E-state index in [1.54, 1.807) is 36.4 Å². The lowest BCUT2D eigenvalue weighted by Crippen LogP contribution is -2.49. The Hall–Kier alpha value is -3.20. The molecule has 0 atom stereocenters. The highest BCUT2D eigenvalue weighted by Crippen LogP contribution is 2.23. The maximum absolute atomic E-state index is 13.4. The monoisotopic (exact) mass is 497 g/mol. The molecule has 0 aliphatic carbocycles. The van der Waals surface area contributed by atoms with E-state index in [2.05, 4.69) is 5.32 Å². The van der Waals surface area contributed by atoms with E-state index in [-0.39, 0.29) is 36.3 Å². The van der Waals surface area contributed by atoms with Gasteiger partial charge >= 0.3 is 0 Å². The summed E-state index contributed by atoms with van der Waals surface area (Å²) < 4.78 is 28.3. The standard InChI is InChI=1S/C25H24ClN3O4S/c26-22-10-12-23(13-11-22)34(32,33)29(16-19-4-2-1-3-5-19)17-20-6-8-21(9-7-20)25(31)28-15-14-27-24(30)18-28/h1-13H,14-18H2,(H,27,30). The Bertz CT molecular complexity index is 1260. The predicted molar refractivity (Wildman–Crippen MR) is 130 cm³/mol. The van der Waals surface area contributed by atoms with Crippen LogP contribution in [0.5, 0.6) is 0 Å². The van der Waals surface area contributed by atoms with Gasteiger partial charge in [0, 0.05) is 36.8 Å². The Morgan fingerprint density at radius 1 is 0.912 bits per heavy atom. The fourth-order valence-electron chi connectivity index (χ4n) is 3.72. The van der Waals surface area contributed by atoms with Crippen molar-refractivity contribution in [3.8, 4) is 0 Å². The highest BCUT2D eigenvalue weighted by molar-refractivity contribution is 7.89. The number of hydrogen-bond acceptors (Lipinski definition) is 4. The minimum atomic E-state index is -3.81. The van der Waals surface area contributed by atoms with E-state index >= 15 is 0 Å². The Morgan fingerprint density at radius 2 is 1.53 bits per heavy atom. The maximum Gasteiger partial charge on any atom is 0.254 e. The molecular weight excluding hydrogens is 474 g/mol. The summed E-state index contributed by atoms with van der Waals surface area (Å²) in [5.41, 5.74) is 2.05. The van der Waals surface area contributed by atoms with Crippen molar-refractivity contribution in [3.05, 3.63) is 101 Å². The Labute approximate surface area is 204 Å². The average Bonchev–Trinajstić information content (AvgIpc) is 2.84. The van der Waals surface area contributed by atoms with Gasteiger partial charge in [0.05, 0.1) is 11.4 Å². The van der Waals surface area contributed by atoms with E-state index in [4.69, 9.17) is 11.6 Å². The number of amides is 2. The number of rotatable bonds is 7. The number of hydrogen-bond donors (Lipinski definition) is 1. The van der Waals surface area contributed by atoms with Gasteiger partial charge in [0.25, 0.3) is 5.91 Å². The van der Waals surface area contributed by atoms with Crippen molar-refractivity contribution in [2.45, 2.75) is 18.0 Å². The molecule has 1 fully saturated rings. The van der Waals surface area contributed by atoms with Crippen molar-refractivity contribution in [1.29, 1.82) is 0 Å². The molecule has 0 spiro atoms. The summed E-state index contributed by atoms with van der Waals surface area (Å²) in [6, 6.07) is 22.3. The summed E-state index contributed by atoms with van der Waals surface area (Å²) >= 11 is 5.94. The van der Waals surface area contributed by atoms with Crippen LogP contribution >= 0.6 is 11.6 Å². The smallest absolute Gasteiger partial charge is 0.254 e. The number of carbonyl (C=O) groups excluding carboxylic acids is 2. The van der Waals surface area contributed by atoms with Gasteiger partial charge in [-0.05, 0) is 47.5 Å². The van der Waals surface area contributed by atoms with Gasteiger partial charge in [-0.25, -0.2) is 8.42 Å². The lowest BCUT2D eigenvalue weighted by molar-refractivity contribution is -0.123. The first-order chi connectivity index (χ1) is 16.3. The third-order valence-electron chi connectivity index (χ3n) is 5.54. The quantitative estimate of drug-likeness (QED) is 0.542. The van der Waals surface area contributed by atoms with Gasteiger partial charge in [0.15, 0.2) is 0 Å². The molecule has 34 heavy (non-hydrogen) atoms. The van der Waals surface area contributed by atoms with Crippen molar-refractivity contribution in [2.75, 3.05) is 19.6 Å². The average molecular weight is 498 g/mol. The van der Waals surface area contributed by atoms with Crippen LogP contribution in [-0.2, 0) is 27.9 Å². The topological polar surface area (TPSA) is 86.8 Å². The number of piperazine rings is 1. The zero-order chi connectivity index (χ0) is 24.1. The fourth-order valence-corrected chi connectivity index (χ4v) is 5.26. The third-order valence-corrected chi connectivity index (χ3v) is 7.60. The van der Waals surface area contributed by atoms with Crippen molar-refractivity contribution in [2.24, 2.45) is 0 Å². The lowest BCUT2D eigenvalue weighted by atomic mass is 10.1. The van der Waals surface area contributed by atoms with E-state index in [0.717, 1.165) is 11.1 Å². The van der Waals surface area contributed by atoms with Gasteiger partial charge in [-0.15, -0.1) is 0 Å². The molecular formula is C25H24ClN3O4S. The molecule has 3 aromatic carbocycles. The van der Waals surface area contributed by atoms with Crippen LogP contribution in [0.2, 0.25) is 5.02 Å². The molecule has 0 saturated carbocycles. The van der Waals surface area contributed by atoms with Crippen molar-refractivity contribution in [1.82, 2.24) is 14.5 Å². The minimum absolute atomic E-state index is 0.0325. The van der Waals surface area contributed by atoms with Crippen LogP contribution in [0, 0.1) is 0 Å². The summed E-state index contributed by atoms with van der Waals surface area (Å²) in [5, 5.41) is 3.16. The SMILES string of the molecule is O=C1CN(C(=O)c2ccc(CN(Cc3ccccc3)S(=O)(=O)c3ccc(Cl)cc3)cc2)CCN1. The first-order valence-corrected chi connectivity index (χ1v) is 12.6. The second kappa shape index (κ2) is 10.4. The van der Waals surface area contributed by atoms with Gasteiger partial charge in [0.2, 0.25) is 15.9 Å². The minimum Gasteiger partial charge on any atom is -0.353 e. The van der Waals surface area contributed by atoms with Gasteiger partial charge < -0.3 is 10.2 Å². The number of sulfonamides is 1. The highest BCUT2D eigenvalue weighted by Gasteiger charge is 2.26. The van der Waals surface area contributed by atoms with Crippen molar-refractivity contribution in [3.63, 3.8) is 0 Å². The van der Waals surface area contributed by atoms with Gasteiger partial charge in [-0.1, -0.05) is 54.1 Å². The number of carbonyl (C=O) groups is 2. The largest absolute Gasteiger partial charge is 0.353 e. The molecule has 7 nitrogen and oxygen atoms in total. The van der Waals surface area contributed by atoms with E-state index in [1.165, 1.54) is 21.3 Å². The van der Waals surface area contributed by atoms with E-state index in [9.17, 15) is 18.0 Å². The first kappa shape index (κ1) is 23.9. The molecule has 2 amide bonds. The number of nitrogens with zero attached hydrogens (tertiary/aromatic N) is 2. The van der Waals surface area contributed by atoms with Gasteiger partial charge in [-0.2, -0.15) is 4.31 Å². The number of halogens is 1. The Kier molecular flexibility index (Phi) is 7.31. The molecule has 176 valence electrons. The van der Waals surface area contributed by atoms with Crippen molar-refractivity contribution < 1.29 is 18.0 Å². The molecule has 1 heterocycles. The van der Waals surface area contributed by atoms with Crippen molar-refractivity contribution >= 4 is 33.4 Å². The van der Waals surface area contributed by atoms with Gasteiger partial charge in [-0.3, -0.25) is 9.59 Å². The molecule has 1 N–H and O–H groups in total. The summed E-state index contributed by atoms with van der Waals surface area (Å²) in [6.45, 7) is 1.23. The lowest BCUT2D eigenvalue weighted by Gasteiger charge is -2.27. The van der Waals surface area contributed by atoms with Gasteiger partial charge in [0.1, 0.15) is 0 Å². The summed E-state index contributed by atoms with van der Waals surface area (Å²) in [6.07, 6.45) is 0. The van der Waals surface area contributed by atoms with Crippen LogP contribution in [-0.4, -0.2) is 49.1 Å². The van der Waals surface area contributed by atoms with Crippen LogP contribution in [0.4, 0.5) is 0 Å². The van der Waals surface area contributed by atoms with Crippen LogP contribution in [0.3, 0.4) is 0 Å². The van der Waals surface area contributed by atoms with Crippen LogP contribution < -0.4 is 5.32 Å². The Morgan fingerprint density at radius 3 is 2.15 bits per heavy atom. The van der Waals surface area contributed by atoms with Crippen LogP contribution in [0.25, 0.3) is 0 Å². The molecule has 1 aliphatic heterocycles. The highest BCUT2D eigenvalue weighted by atomic mass is 35.5. The molecule has 4 rings (SSSR count). The van der Waals surface area contributed by atoms with Crippen LogP contribution in [0.1, 0.15) is 21.5 Å². The second-order valence-electron chi connectivity index (χ2n) is 7.99. The normalized spacial score (nSPS) is 14.2. The zero-order valence-corrected chi connectivity index (χ0v) is 19.9. The molecule has 3 aromatic rings. The zero-order valence-electron chi connectivity index (χ0n) is 18.4. The molecule has 9 heteroatoms. The number of nitrogens with one attached hydrogen (secondary N) is 1. The third kappa shape index (κ3) is 5.64. The first-order valence-electron chi connectivity index (χ1n) is 10.8. The Balaban J connectivity index is 1.56. The fraction of sp³-hybridized carbons (Fsp3) is 0.200. The molecule has 0 aromatic heterocycles. The molecule has 0 radical (unpaired) electrons. The van der Waals surface area contributed by atoms with Crippen LogP contribution in [0.15, 0.2) is 83.8 Å². The molecule has 0 unspecified atom stereocenters. The van der Waals surface area contributed by atoms with E-state index < -0.39 is 10.0 Å². The summed E-state index contributed by atoms with van der Waals surface area (Å²) in [4.78, 5) is 26.0. The van der Waals surface area contributed by atoms with E-state index in [1.807, 2.05) is 30.3 Å². The summed E-state index contributed by atoms with van der Waals surface area (Å²) in [7, 11) is -3.81.